The molecule has 1 rings (SSSR count). The van der Waals surface area contributed by atoms with Crippen LogP contribution in [0.4, 0.5) is 14.4 Å². The molecule has 220 valence electrons. The summed E-state index contributed by atoms with van der Waals surface area (Å²) >= 11 is 0. The molecule has 0 amide bonds. The van der Waals surface area contributed by atoms with Gasteiger partial charge in [0, 0.05) is 0 Å². The molecule has 2 N–H and O–H groups in total. The minimum absolute atomic E-state index is 0.00527. The molecule has 0 unspecified atom stereocenters. The Labute approximate surface area is 229 Å². The summed E-state index contributed by atoms with van der Waals surface area (Å²) in [6, 6.07) is 3.26. The summed E-state index contributed by atoms with van der Waals surface area (Å²) in [4.78, 5) is 48.2. The minimum atomic E-state index is -1.09. The van der Waals surface area contributed by atoms with Crippen LogP contribution in [0.15, 0.2) is 18.2 Å². The Morgan fingerprint density at radius 3 is 1.90 bits per heavy atom. The predicted molar refractivity (Wildman–Crippen MR) is 140 cm³/mol. The van der Waals surface area contributed by atoms with E-state index >= 15 is 0 Å². The van der Waals surface area contributed by atoms with Gasteiger partial charge in [0.1, 0.15) is 18.8 Å². The van der Waals surface area contributed by atoms with Crippen LogP contribution in [-0.2, 0) is 34.9 Å². The summed E-state index contributed by atoms with van der Waals surface area (Å²) in [6.07, 6.45) is -0.565. The van der Waals surface area contributed by atoms with Crippen LogP contribution in [0.25, 0.3) is 0 Å². The fraction of sp³-hybridized carbons (Fsp3) is 0.630. The van der Waals surface area contributed by atoms with Crippen LogP contribution in [0.1, 0.15) is 65.9 Å². The maximum Gasteiger partial charge on any atom is 0.513 e. The standard InChI is InChI=1S/C27H41NO11/c1-6-8-12-33-26(31)38-22-11-10-20(15-23(22)39-27(32)34-13-9-7-2)14-21(28)24(29)37-19(5)17-36-25(30)35-16-18(3)4/h10-11,15,18-19,21H,6-9,12-14,16-17,28H2,1-5H3/t19-,21-/m0/s1. The molecule has 0 aromatic heterocycles. The Bertz CT molecular complexity index is 919. The summed E-state index contributed by atoms with van der Waals surface area (Å²) in [7, 11) is 0. The van der Waals surface area contributed by atoms with E-state index < -0.39 is 36.6 Å². The lowest BCUT2D eigenvalue weighted by atomic mass is 10.1. The zero-order valence-electron chi connectivity index (χ0n) is 23.4. The summed E-state index contributed by atoms with van der Waals surface area (Å²) in [5.74, 6) is -0.755. The van der Waals surface area contributed by atoms with Crippen LogP contribution in [0.5, 0.6) is 11.5 Å². The lowest BCUT2D eigenvalue weighted by Gasteiger charge is -2.17. The molecule has 0 aliphatic rings. The molecule has 12 nitrogen and oxygen atoms in total. The summed E-state index contributed by atoms with van der Waals surface area (Å²) in [6.45, 7) is 9.56. The SMILES string of the molecule is CCCCOC(=O)Oc1ccc(C[C@H](N)C(=O)O[C@@H](C)COC(=O)OCC(C)C)cc1OC(=O)OCCCC. The maximum absolute atomic E-state index is 12.5. The molecule has 0 radical (unpaired) electrons. The molecule has 39 heavy (non-hydrogen) atoms. The van der Waals surface area contributed by atoms with E-state index in [4.69, 9.17) is 38.9 Å². The number of hydrogen-bond acceptors (Lipinski definition) is 12. The van der Waals surface area contributed by atoms with Crippen LogP contribution in [0, 0.1) is 5.92 Å². The smallest absolute Gasteiger partial charge is 0.458 e. The van der Waals surface area contributed by atoms with Crippen LogP contribution in [0.2, 0.25) is 0 Å². The van der Waals surface area contributed by atoms with Crippen molar-refractivity contribution in [2.45, 2.75) is 78.9 Å². The lowest BCUT2D eigenvalue weighted by Crippen LogP contribution is -2.37. The molecule has 0 heterocycles. The first-order chi connectivity index (χ1) is 18.5. The molecular formula is C27H41NO11. The summed E-state index contributed by atoms with van der Waals surface area (Å²) in [5.41, 5.74) is 6.50. The van der Waals surface area contributed by atoms with Gasteiger partial charge in [0.05, 0.1) is 19.8 Å². The number of esters is 1. The van der Waals surface area contributed by atoms with Crippen molar-refractivity contribution in [3.8, 4) is 11.5 Å². The van der Waals surface area contributed by atoms with Crippen LogP contribution in [0.3, 0.4) is 0 Å². The van der Waals surface area contributed by atoms with Crippen LogP contribution in [-0.4, -0.2) is 63.0 Å². The predicted octanol–water partition coefficient (Wildman–Crippen LogP) is 4.93. The van der Waals surface area contributed by atoms with Crippen LogP contribution < -0.4 is 15.2 Å². The normalized spacial score (nSPS) is 12.2. The average Bonchev–Trinajstić information content (AvgIpc) is 2.88. The molecule has 0 bridgehead atoms. The van der Waals surface area contributed by atoms with Gasteiger partial charge in [0.2, 0.25) is 0 Å². The number of hydrogen-bond donors (Lipinski definition) is 1. The monoisotopic (exact) mass is 555 g/mol. The molecule has 1 aromatic carbocycles. The van der Waals surface area contributed by atoms with Gasteiger partial charge in [-0.05, 0) is 49.8 Å². The summed E-state index contributed by atoms with van der Waals surface area (Å²) in [5, 5.41) is 0. The van der Waals surface area contributed by atoms with E-state index in [1.165, 1.54) is 12.1 Å². The van der Waals surface area contributed by atoms with Gasteiger partial charge in [-0.15, -0.1) is 0 Å². The second kappa shape index (κ2) is 18.7. The number of carbonyl (C=O) groups is 4. The average molecular weight is 556 g/mol. The first-order valence-electron chi connectivity index (χ1n) is 13.1. The first kappa shape index (κ1) is 33.5. The Hall–Kier alpha value is -3.54. The molecule has 1 aromatic rings. The highest BCUT2D eigenvalue weighted by Gasteiger charge is 2.22. The number of benzene rings is 1. The number of carbonyl (C=O) groups excluding carboxylic acids is 4. The Kier molecular flexibility index (Phi) is 16.0. The second-order valence-electron chi connectivity index (χ2n) is 9.21. The Morgan fingerprint density at radius 2 is 1.33 bits per heavy atom. The van der Waals surface area contributed by atoms with Gasteiger partial charge >= 0.3 is 24.4 Å². The molecule has 0 saturated heterocycles. The van der Waals surface area contributed by atoms with Gasteiger partial charge < -0.3 is 38.9 Å². The van der Waals surface area contributed by atoms with E-state index in [1.54, 1.807) is 13.0 Å². The molecule has 0 aliphatic heterocycles. The van der Waals surface area contributed by atoms with E-state index in [0.29, 0.717) is 18.4 Å². The Balaban J connectivity index is 2.80. The third kappa shape index (κ3) is 14.8. The van der Waals surface area contributed by atoms with Gasteiger partial charge in [0.25, 0.3) is 0 Å². The van der Waals surface area contributed by atoms with E-state index in [1.807, 2.05) is 27.7 Å². The molecule has 2 atom stereocenters. The van der Waals surface area contributed by atoms with E-state index in [2.05, 4.69) is 0 Å². The number of rotatable bonds is 16. The van der Waals surface area contributed by atoms with E-state index in [0.717, 1.165) is 12.8 Å². The van der Waals surface area contributed by atoms with E-state index in [9.17, 15) is 19.2 Å². The van der Waals surface area contributed by atoms with Crippen molar-refractivity contribution in [2.24, 2.45) is 11.7 Å². The van der Waals surface area contributed by atoms with Crippen molar-refractivity contribution >= 4 is 24.4 Å². The molecule has 0 aliphatic carbocycles. The van der Waals surface area contributed by atoms with Crippen molar-refractivity contribution in [1.82, 2.24) is 0 Å². The fourth-order valence-corrected chi connectivity index (χ4v) is 2.80. The second-order valence-corrected chi connectivity index (χ2v) is 9.21. The Morgan fingerprint density at radius 1 is 0.769 bits per heavy atom. The third-order valence-electron chi connectivity index (χ3n) is 4.88. The van der Waals surface area contributed by atoms with Crippen molar-refractivity contribution < 1.29 is 52.3 Å². The molecule has 0 fully saturated rings. The van der Waals surface area contributed by atoms with Gasteiger partial charge in [0.15, 0.2) is 11.5 Å². The van der Waals surface area contributed by atoms with Crippen molar-refractivity contribution in [2.75, 3.05) is 26.4 Å². The highest BCUT2D eigenvalue weighted by molar-refractivity contribution is 5.76. The highest BCUT2D eigenvalue weighted by Crippen LogP contribution is 2.30. The fourth-order valence-electron chi connectivity index (χ4n) is 2.80. The zero-order valence-corrected chi connectivity index (χ0v) is 23.4. The molecule has 12 heteroatoms. The summed E-state index contributed by atoms with van der Waals surface area (Å²) < 4.78 is 35.5. The van der Waals surface area contributed by atoms with Gasteiger partial charge in [-0.1, -0.05) is 46.6 Å². The largest absolute Gasteiger partial charge is 0.513 e. The third-order valence-corrected chi connectivity index (χ3v) is 4.88. The van der Waals surface area contributed by atoms with Gasteiger partial charge in [-0.25, -0.2) is 14.4 Å². The molecular weight excluding hydrogens is 514 g/mol. The highest BCUT2D eigenvalue weighted by atomic mass is 16.7. The van der Waals surface area contributed by atoms with E-state index in [-0.39, 0.29) is 50.3 Å². The van der Waals surface area contributed by atoms with Crippen molar-refractivity contribution in [3.63, 3.8) is 0 Å². The zero-order chi connectivity index (χ0) is 29.2. The topological polar surface area (TPSA) is 159 Å². The van der Waals surface area contributed by atoms with Gasteiger partial charge in [-0.3, -0.25) is 4.79 Å². The first-order valence-corrected chi connectivity index (χ1v) is 13.1. The maximum atomic E-state index is 12.5. The minimum Gasteiger partial charge on any atom is -0.458 e. The number of ether oxygens (including phenoxy) is 7. The lowest BCUT2D eigenvalue weighted by molar-refractivity contribution is -0.152. The van der Waals surface area contributed by atoms with Crippen LogP contribution >= 0.6 is 0 Å². The van der Waals surface area contributed by atoms with Gasteiger partial charge in [-0.2, -0.15) is 0 Å². The molecule has 0 spiro atoms. The van der Waals surface area contributed by atoms with Crippen molar-refractivity contribution in [3.05, 3.63) is 23.8 Å². The quantitative estimate of drug-likeness (QED) is 0.127. The molecule has 0 saturated carbocycles. The van der Waals surface area contributed by atoms with Crippen molar-refractivity contribution in [1.29, 1.82) is 0 Å². The number of unbranched alkanes of at least 4 members (excludes halogenated alkanes) is 2. The number of nitrogens with two attached hydrogens (primary N) is 1.